The fourth-order valence-corrected chi connectivity index (χ4v) is 3.29. The molecule has 0 saturated carbocycles. The summed E-state index contributed by atoms with van der Waals surface area (Å²) >= 11 is 0. The van der Waals surface area contributed by atoms with Crippen LogP contribution in [0.4, 0.5) is 0 Å². The molecule has 0 spiro atoms. The van der Waals surface area contributed by atoms with Gasteiger partial charge in [0.25, 0.3) is 0 Å². The lowest BCUT2D eigenvalue weighted by Crippen LogP contribution is -2.45. The van der Waals surface area contributed by atoms with E-state index in [1.807, 2.05) is 0 Å². The average Bonchev–Trinajstić information content (AvgIpc) is 2.77. The predicted octanol–water partition coefficient (Wildman–Crippen LogP) is -0.537. The van der Waals surface area contributed by atoms with Crippen LogP contribution in [0.5, 0.6) is 0 Å². The van der Waals surface area contributed by atoms with Crippen LogP contribution in [0.25, 0.3) is 0 Å². The fourth-order valence-electron chi connectivity index (χ4n) is 3.29. The quantitative estimate of drug-likeness (QED) is 0.531. The standard InChI is InChI=1S/C11H13NO5/c1-4-9-8(11(15)16-4)10-6(3-7(14)17-10)12(9)5(2)13/h4,6,8-10H,3H2,1-2H3. The number of carbonyl (C=O) groups excluding carboxylic acids is 3. The monoisotopic (exact) mass is 239 g/mol. The van der Waals surface area contributed by atoms with Gasteiger partial charge in [-0.25, -0.2) is 0 Å². The molecule has 0 aromatic carbocycles. The van der Waals surface area contributed by atoms with Crippen molar-refractivity contribution in [2.75, 3.05) is 0 Å². The number of cyclic esters (lactones) is 1. The first-order chi connectivity index (χ1) is 8.00. The third-order valence-corrected chi connectivity index (χ3v) is 3.84. The van der Waals surface area contributed by atoms with Crippen LogP contribution in [-0.2, 0) is 23.9 Å². The Morgan fingerprint density at radius 2 is 2.06 bits per heavy atom. The Balaban J connectivity index is 2.01. The molecule has 0 bridgehead atoms. The molecule has 6 nitrogen and oxygen atoms in total. The van der Waals surface area contributed by atoms with Crippen LogP contribution in [0.15, 0.2) is 0 Å². The van der Waals surface area contributed by atoms with Gasteiger partial charge in [-0.15, -0.1) is 0 Å². The van der Waals surface area contributed by atoms with Gasteiger partial charge in [0, 0.05) is 6.92 Å². The van der Waals surface area contributed by atoms with Gasteiger partial charge in [-0.2, -0.15) is 0 Å². The lowest BCUT2D eigenvalue weighted by Gasteiger charge is -2.27. The first-order valence-electron chi connectivity index (χ1n) is 5.69. The molecule has 5 unspecified atom stereocenters. The van der Waals surface area contributed by atoms with Crippen LogP contribution in [0, 0.1) is 5.92 Å². The Morgan fingerprint density at radius 1 is 1.35 bits per heavy atom. The summed E-state index contributed by atoms with van der Waals surface area (Å²) in [5, 5.41) is 0. The molecule has 0 aromatic heterocycles. The van der Waals surface area contributed by atoms with E-state index in [2.05, 4.69) is 0 Å². The average molecular weight is 239 g/mol. The number of rotatable bonds is 0. The van der Waals surface area contributed by atoms with E-state index >= 15 is 0 Å². The minimum atomic E-state index is -0.520. The van der Waals surface area contributed by atoms with Gasteiger partial charge < -0.3 is 14.4 Å². The third kappa shape index (κ3) is 1.23. The highest BCUT2D eigenvalue weighted by Crippen LogP contribution is 2.44. The highest BCUT2D eigenvalue weighted by atomic mass is 16.6. The highest BCUT2D eigenvalue weighted by Gasteiger charge is 2.64. The van der Waals surface area contributed by atoms with E-state index in [1.165, 1.54) is 6.92 Å². The summed E-state index contributed by atoms with van der Waals surface area (Å²) in [6.07, 6.45) is -0.674. The van der Waals surface area contributed by atoms with Gasteiger partial charge in [0.2, 0.25) is 5.91 Å². The van der Waals surface area contributed by atoms with Crippen molar-refractivity contribution in [2.24, 2.45) is 5.92 Å². The first-order valence-corrected chi connectivity index (χ1v) is 5.69. The maximum absolute atomic E-state index is 11.7. The van der Waals surface area contributed by atoms with Crippen LogP contribution in [-0.4, -0.2) is 47.0 Å². The molecule has 3 aliphatic heterocycles. The summed E-state index contributed by atoms with van der Waals surface area (Å²) in [4.78, 5) is 36.3. The molecule has 0 radical (unpaired) electrons. The highest BCUT2D eigenvalue weighted by molar-refractivity contribution is 5.85. The molecule has 3 heterocycles. The summed E-state index contributed by atoms with van der Waals surface area (Å²) in [7, 11) is 0. The molecule has 3 fully saturated rings. The molecule has 17 heavy (non-hydrogen) atoms. The van der Waals surface area contributed by atoms with Crippen molar-refractivity contribution < 1.29 is 23.9 Å². The number of amides is 1. The molecule has 0 aliphatic carbocycles. The minimum Gasteiger partial charge on any atom is -0.460 e. The summed E-state index contributed by atoms with van der Waals surface area (Å²) < 4.78 is 10.3. The fraction of sp³-hybridized carbons (Fsp3) is 0.727. The normalized spacial score (nSPS) is 43.2. The number of nitrogens with zero attached hydrogens (tertiary/aromatic N) is 1. The summed E-state index contributed by atoms with van der Waals surface area (Å²) in [6, 6.07) is -0.589. The molecule has 1 amide bonds. The van der Waals surface area contributed by atoms with Gasteiger partial charge in [0.05, 0.1) is 18.5 Å². The second-order valence-electron chi connectivity index (χ2n) is 4.81. The molecule has 3 rings (SSSR count). The third-order valence-electron chi connectivity index (χ3n) is 3.84. The number of hydrogen-bond acceptors (Lipinski definition) is 5. The smallest absolute Gasteiger partial charge is 0.315 e. The molecule has 5 atom stereocenters. The van der Waals surface area contributed by atoms with Crippen LogP contribution in [0.1, 0.15) is 20.3 Å². The predicted molar refractivity (Wildman–Crippen MR) is 53.6 cm³/mol. The number of ether oxygens (including phenoxy) is 2. The molecule has 0 aromatic rings. The van der Waals surface area contributed by atoms with Crippen molar-refractivity contribution in [1.82, 2.24) is 4.90 Å². The van der Waals surface area contributed by atoms with E-state index in [0.29, 0.717) is 0 Å². The van der Waals surface area contributed by atoms with Crippen molar-refractivity contribution in [2.45, 2.75) is 44.6 Å². The number of esters is 2. The zero-order chi connectivity index (χ0) is 12.3. The van der Waals surface area contributed by atoms with Crippen molar-refractivity contribution in [3.63, 3.8) is 0 Å². The van der Waals surface area contributed by atoms with Gasteiger partial charge in [-0.3, -0.25) is 14.4 Å². The zero-order valence-corrected chi connectivity index (χ0v) is 9.58. The van der Waals surface area contributed by atoms with Gasteiger partial charge in [-0.1, -0.05) is 0 Å². The Labute approximate surface area is 97.8 Å². The van der Waals surface area contributed by atoms with E-state index in [4.69, 9.17) is 9.47 Å². The minimum absolute atomic E-state index is 0.143. The zero-order valence-electron chi connectivity index (χ0n) is 9.58. The van der Waals surface area contributed by atoms with Crippen LogP contribution in [0.2, 0.25) is 0 Å². The van der Waals surface area contributed by atoms with E-state index in [0.717, 1.165) is 0 Å². The first kappa shape index (κ1) is 10.6. The molecule has 6 heteroatoms. The van der Waals surface area contributed by atoms with Crippen molar-refractivity contribution in [3.05, 3.63) is 0 Å². The number of fused-ring (bicyclic) bond motifs is 3. The van der Waals surface area contributed by atoms with Crippen LogP contribution < -0.4 is 0 Å². The van der Waals surface area contributed by atoms with Gasteiger partial charge in [-0.05, 0) is 6.92 Å². The largest absolute Gasteiger partial charge is 0.460 e. The lowest BCUT2D eigenvalue weighted by atomic mass is 9.96. The SMILES string of the molecule is CC(=O)N1C2CC(=O)OC2C2C(=O)OC(C)C21. The molecular weight excluding hydrogens is 226 g/mol. The topological polar surface area (TPSA) is 72.9 Å². The van der Waals surface area contributed by atoms with E-state index in [-0.39, 0.29) is 42.5 Å². The number of carbonyl (C=O) groups is 3. The summed E-state index contributed by atoms with van der Waals surface area (Å²) in [6.45, 7) is 3.21. The second-order valence-corrected chi connectivity index (χ2v) is 4.81. The maximum Gasteiger partial charge on any atom is 0.315 e. The van der Waals surface area contributed by atoms with Gasteiger partial charge in [0.1, 0.15) is 18.1 Å². The molecular formula is C11H13NO5. The Morgan fingerprint density at radius 3 is 2.71 bits per heavy atom. The summed E-state index contributed by atoms with van der Waals surface area (Å²) in [5.41, 5.74) is 0. The Kier molecular flexibility index (Phi) is 1.99. The molecule has 3 aliphatic rings. The van der Waals surface area contributed by atoms with Crippen molar-refractivity contribution >= 4 is 17.8 Å². The van der Waals surface area contributed by atoms with Crippen molar-refractivity contribution in [3.8, 4) is 0 Å². The van der Waals surface area contributed by atoms with Gasteiger partial charge >= 0.3 is 11.9 Å². The lowest BCUT2D eigenvalue weighted by molar-refractivity contribution is -0.151. The number of likely N-dealkylation sites (tertiary alicyclic amines) is 1. The number of hydrogen-bond donors (Lipinski definition) is 0. The Hall–Kier alpha value is -1.59. The van der Waals surface area contributed by atoms with E-state index in [1.54, 1.807) is 11.8 Å². The van der Waals surface area contributed by atoms with Crippen LogP contribution >= 0.6 is 0 Å². The summed E-state index contributed by atoms with van der Waals surface area (Å²) in [5.74, 6) is -1.37. The molecule has 92 valence electrons. The Bertz CT molecular complexity index is 412. The van der Waals surface area contributed by atoms with E-state index in [9.17, 15) is 14.4 Å². The van der Waals surface area contributed by atoms with Gasteiger partial charge in [0.15, 0.2) is 0 Å². The van der Waals surface area contributed by atoms with Crippen molar-refractivity contribution in [1.29, 1.82) is 0 Å². The van der Waals surface area contributed by atoms with Crippen LogP contribution in [0.3, 0.4) is 0 Å². The molecule has 3 saturated heterocycles. The second kappa shape index (κ2) is 3.21. The van der Waals surface area contributed by atoms with E-state index < -0.39 is 12.0 Å². The molecule has 0 N–H and O–H groups in total. The maximum atomic E-state index is 11.7.